The highest BCUT2D eigenvalue weighted by atomic mass is 32.1. The molecular weight excluding hydrogens is 299 g/mol. The number of piperazine rings is 1. The average Bonchev–Trinajstić information content (AvgIpc) is 3.07. The Morgan fingerprint density at radius 1 is 1.14 bits per heavy atom. The molecule has 22 heavy (non-hydrogen) atoms. The van der Waals surface area contributed by atoms with E-state index in [1.54, 1.807) is 23.5 Å². The van der Waals surface area contributed by atoms with Crippen LogP contribution < -0.4 is 4.90 Å². The largest absolute Gasteiger partial charge is 0.366 e. The first-order valence-corrected chi connectivity index (χ1v) is 8.46. The van der Waals surface area contributed by atoms with E-state index in [2.05, 4.69) is 11.4 Å². The van der Waals surface area contributed by atoms with Crippen LogP contribution in [0.15, 0.2) is 41.1 Å². The number of anilines is 1. The summed E-state index contributed by atoms with van der Waals surface area (Å²) >= 11 is 1.66. The van der Waals surface area contributed by atoms with Gasteiger partial charge in [-0.25, -0.2) is 4.39 Å². The monoisotopic (exact) mass is 318 g/mol. The fraction of sp³-hybridized carbons (Fsp3) is 0.353. The maximum absolute atomic E-state index is 13.8. The molecule has 2 aromatic rings. The molecule has 2 heterocycles. The van der Waals surface area contributed by atoms with Crippen LogP contribution in [0.2, 0.25) is 0 Å². The Hall–Kier alpha value is -1.88. The van der Waals surface area contributed by atoms with E-state index < -0.39 is 0 Å². The van der Waals surface area contributed by atoms with Gasteiger partial charge in [-0.05, 0) is 40.9 Å². The van der Waals surface area contributed by atoms with E-state index in [1.165, 1.54) is 11.6 Å². The number of carbonyl (C=O) groups is 1. The van der Waals surface area contributed by atoms with Gasteiger partial charge in [0.2, 0.25) is 5.91 Å². The molecular formula is C17H19FN2OS. The normalized spacial score (nSPS) is 15.1. The minimum atomic E-state index is -0.195. The molecule has 0 N–H and O–H groups in total. The van der Waals surface area contributed by atoms with E-state index >= 15 is 0 Å². The molecule has 0 atom stereocenters. The van der Waals surface area contributed by atoms with Gasteiger partial charge in [-0.2, -0.15) is 11.3 Å². The summed E-state index contributed by atoms with van der Waals surface area (Å²) in [5.41, 5.74) is 1.86. The van der Waals surface area contributed by atoms with Crippen molar-refractivity contribution in [2.75, 3.05) is 31.1 Å². The molecule has 1 aromatic carbocycles. The number of hydrogen-bond acceptors (Lipinski definition) is 3. The third-order valence-electron chi connectivity index (χ3n) is 4.03. The van der Waals surface area contributed by atoms with Crippen molar-refractivity contribution < 1.29 is 9.18 Å². The molecule has 116 valence electrons. The number of para-hydroxylation sites is 1. The van der Waals surface area contributed by atoms with E-state index in [9.17, 15) is 9.18 Å². The Kier molecular flexibility index (Phi) is 4.73. The molecule has 0 aliphatic carbocycles. The number of halogens is 1. The van der Waals surface area contributed by atoms with E-state index in [0.717, 1.165) is 6.42 Å². The average molecular weight is 318 g/mol. The van der Waals surface area contributed by atoms with E-state index in [0.29, 0.717) is 38.3 Å². The number of thiophene rings is 1. The van der Waals surface area contributed by atoms with Gasteiger partial charge >= 0.3 is 0 Å². The van der Waals surface area contributed by atoms with Gasteiger partial charge in [0.05, 0.1) is 5.69 Å². The molecule has 0 unspecified atom stereocenters. The Labute approximate surface area is 134 Å². The SMILES string of the molecule is O=C(CCc1ccsc1)N1CCN(c2ccccc2F)CC1. The highest BCUT2D eigenvalue weighted by molar-refractivity contribution is 7.07. The molecule has 1 fully saturated rings. The summed E-state index contributed by atoms with van der Waals surface area (Å²) in [4.78, 5) is 16.1. The maximum atomic E-state index is 13.8. The molecule has 1 aromatic heterocycles. The van der Waals surface area contributed by atoms with Crippen LogP contribution in [-0.2, 0) is 11.2 Å². The lowest BCUT2D eigenvalue weighted by atomic mass is 10.1. The Balaban J connectivity index is 1.51. The minimum absolute atomic E-state index is 0.194. The molecule has 0 radical (unpaired) electrons. The van der Waals surface area contributed by atoms with Gasteiger partial charge in [-0.15, -0.1) is 0 Å². The predicted molar refractivity (Wildman–Crippen MR) is 87.8 cm³/mol. The zero-order valence-corrected chi connectivity index (χ0v) is 13.2. The summed E-state index contributed by atoms with van der Waals surface area (Å²) in [5.74, 6) is -0.000817. The number of nitrogens with zero attached hydrogens (tertiary/aromatic N) is 2. The zero-order valence-electron chi connectivity index (χ0n) is 12.4. The van der Waals surface area contributed by atoms with Crippen molar-refractivity contribution in [1.82, 2.24) is 4.90 Å². The van der Waals surface area contributed by atoms with Crippen LogP contribution in [0.25, 0.3) is 0 Å². The van der Waals surface area contributed by atoms with Crippen molar-refractivity contribution in [1.29, 1.82) is 0 Å². The fourth-order valence-corrected chi connectivity index (χ4v) is 3.45. The molecule has 0 saturated carbocycles. The van der Waals surface area contributed by atoms with Gasteiger partial charge in [0, 0.05) is 32.6 Å². The van der Waals surface area contributed by atoms with Gasteiger partial charge < -0.3 is 9.80 Å². The summed E-state index contributed by atoms with van der Waals surface area (Å²) < 4.78 is 13.8. The highest BCUT2D eigenvalue weighted by Crippen LogP contribution is 2.20. The lowest BCUT2D eigenvalue weighted by Gasteiger charge is -2.36. The Morgan fingerprint density at radius 2 is 1.91 bits per heavy atom. The molecule has 1 amide bonds. The first-order chi connectivity index (χ1) is 10.7. The first-order valence-electron chi connectivity index (χ1n) is 7.52. The standard InChI is InChI=1S/C17H19FN2OS/c18-15-3-1-2-4-16(15)19-8-10-20(11-9-19)17(21)6-5-14-7-12-22-13-14/h1-4,7,12-13H,5-6,8-11H2. The summed E-state index contributed by atoms with van der Waals surface area (Å²) in [6.45, 7) is 2.70. The van der Waals surface area contributed by atoms with Gasteiger partial charge in [-0.3, -0.25) is 4.79 Å². The molecule has 3 nitrogen and oxygen atoms in total. The number of carbonyl (C=O) groups excluding carboxylic acids is 1. The van der Waals surface area contributed by atoms with E-state index in [1.807, 2.05) is 21.2 Å². The summed E-state index contributed by atoms with van der Waals surface area (Å²) in [6.07, 6.45) is 1.35. The molecule has 1 aliphatic rings. The smallest absolute Gasteiger partial charge is 0.223 e. The van der Waals surface area contributed by atoms with Crippen molar-refractivity contribution in [3.63, 3.8) is 0 Å². The molecule has 1 aliphatic heterocycles. The van der Waals surface area contributed by atoms with Gasteiger partial charge in [0.25, 0.3) is 0 Å². The van der Waals surface area contributed by atoms with Crippen molar-refractivity contribution in [2.45, 2.75) is 12.8 Å². The van der Waals surface area contributed by atoms with Crippen molar-refractivity contribution in [3.8, 4) is 0 Å². The maximum Gasteiger partial charge on any atom is 0.223 e. The van der Waals surface area contributed by atoms with Gasteiger partial charge in [0.1, 0.15) is 5.82 Å². The third kappa shape index (κ3) is 3.47. The first kappa shape index (κ1) is 15.0. The predicted octanol–water partition coefficient (Wildman–Crippen LogP) is 3.17. The van der Waals surface area contributed by atoms with Gasteiger partial charge in [0.15, 0.2) is 0 Å². The van der Waals surface area contributed by atoms with Crippen LogP contribution in [0.3, 0.4) is 0 Å². The molecule has 0 spiro atoms. The molecule has 5 heteroatoms. The number of benzene rings is 1. The number of amides is 1. The topological polar surface area (TPSA) is 23.6 Å². The van der Waals surface area contributed by atoms with E-state index in [4.69, 9.17) is 0 Å². The van der Waals surface area contributed by atoms with Crippen LogP contribution in [0.4, 0.5) is 10.1 Å². The summed E-state index contributed by atoms with van der Waals surface area (Å²) in [6, 6.07) is 8.88. The third-order valence-corrected chi connectivity index (χ3v) is 4.77. The Morgan fingerprint density at radius 3 is 2.59 bits per heavy atom. The van der Waals surface area contributed by atoms with Crippen LogP contribution in [0.1, 0.15) is 12.0 Å². The summed E-state index contributed by atoms with van der Waals surface area (Å²) in [5, 5.41) is 4.12. The van der Waals surface area contributed by atoms with Crippen LogP contribution in [0, 0.1) is 5.82 Å². The lowest BCUT2D eigenvalue weighted by molar-refractivity contribution is -0.131. The van der Waals surface area contributed by atoms with Crippen molar-refractivity contribution in [3.05, 3.63) is 52.5 Å². The van der Waals surface area contributed by atoms with Crippen LogP contribution in [-0.4, -0.2) is 37.0 Å². The zero-order chi connectivity index (χ0) is 15.4. The fourth-order valence-electron chi connectivity index (χ4n) is 2.75. The number of hydrogen-bond donors (Lipinski definition) is 0. The summed E-state index contributed by atoms with van der Waals surface area (Å²) in [7, 11) is 0. The molecule has 1 saturated heterocycles. The van der Waals surface area contributed by atoms with E-state index in [-0.39, 0.29) is 11.7 Å². The second-order valence-corrected chi connectivity index (χ2v) is 6.23. The van der Waals surface area contributed by atoms with Gasteiger partial charge in [-0.1, -0.05) is 12.1 Å². The molecule has 3 rings (SSSR count). The van der Waals surface area contributed by atoms with Crippen molar-refractivity contribution >= 4 is 22.9 Å². The lowest BCUT2D eigenvalue weighted by Crippen LogP contribution is -2.49. The highest BCUT2D eigenvalue weighted by Gasteiger charge is 2.22. The quantitative estimate of drug-likeness (QED) is 0.864. The second kappa shape index (κ2) is 6.92. The Bertz CT molecular complexity index is 621. The number of aryl methyl sites for hydroxylation is 1. The number of rotatable bonds is 4. The van der Waals surface area contributed by atoms with Crippen molar-refractivity contribution in [2.24, 2.45) is 0 Å². The van der Waals surface area contributed by atoms with Crippen LogP contribution in [0.5, 0.6) is 0 Å². The minimum Gasteiger partial charge on any atom is -0.366 e. The van der Waals surface area contributed by atoms with Crippen LogP contribution >= 0.6 is 11.3 Å². The molecule has 0 bridgehead atoms. The second-order valence-electron chi connectivity index (χ2n) is 5.45.